The van der Waals surface area contributed by atoms with Crippen LogP contribution in [0.15, 0.2) is 29.2 Å². The Bertz CT molecular complexity index is 603. The molecular weight excluding hydrogens is 346 g/mol. The number of rotatable bonds is 11. The Kier molecular flexibility index (Phi) is 9.35. The molecule has 0 fully saturated rings. The van der Waals surface area contributed by atoms with Crippen LogP contribution in [0.4, 0.5) is 0 Å². The first kappa shape index (κ1) is 21.0. The van der Waals surface area contributed by atoms with Crippen LogP contribution in [-0.4, -0.2) is 52.0 Å². The molecule has 0 saturated heterocycles. The standard InChI is InChI=1S/C16H27N3O3S2/c1-4-17-10-11-18-16(20)15(9-12-23-3)19-24(21,22)14-7-5-13(2)6-8-14/h5-8,15,17,19H,4,9-12H2,1-3H3,(H,18,20). The van der Waals surface area contributed by atoms with E-state index in [1.807, 2.05) is 20.1 Å². The molecule has 24 heavy (non-hydrogen) atoms. The van der Waals surface area contributed by atoms with Crippen molar-refractivity contribution in [3.8, 4) is 0 Å². The highest BCUT2D eigenvalue weighted by Gasteiger charge is 2.25. The predicted octanol–water partition coefficient (Wildman–Crippen LogP) is 1.12. The van der Waals surface area contributed by atoms with Gasteiger partial charge in [0.15, 0.2) is 0 Å². The van der Waals surface area contributed by atoms with Gasteiger partial charge >= 0.3 is 0 Å². The van der Waals surface area contributed by atoms with Crippen LogP contribution in [0.1, 0.15) is 18.9 Å². The van der Waals surface area contributed by atoms with Crippen molar-refractivity contribution < 1.29 is 13.2 Å². The van der Waals surface area contributed by atoms with Crippen molar-refractivity contribution in [2.24, 2.45) is 0 Å². The first-order chi connectivity index (χ1) is 11.4. The van der Waals surface area contributed by atoms with Crippen molar-refractivity contribution in [1.29, 1.82) is 0 Å². The fourth-order valence-corrected chi connectivity index (χ4v) is 3.73. The lowest BCUT2D eigenvalue weighted by atomic mass is 10.2. The maximum Gasteiger partial charge on any atom is 0.241 e. The average Bonchev–Trinajstić information content (AvgIpc) is 2.55. The zero-order valence-corrected chi connectivity index (χ0v) is 16.1. The molecule has 0 spiro atoms. The zero-order valence-electron chi connectivity index (χ0n) is 14.5. The van der Waals surface area contributed by atoms with Gasteiger partial charge in [-0.15, -0.1) is 0 Å². The Morgan fingerprint density at radius 3 is 2.46 bits per heavy atom. The quantitative estimate of drug-likeness (QED) is 0.506. The molecule has 1 amide bonds. The molecule has 0 aliphatic heterocycles. The van der Waals surface area contributed by atoms with Crippen LogP contribution in [0.3, 0.4) is 0 Å². The number of hydrogen-bond acceptors (Lipinski definition) is 5. The minimum Gasteiger partial charge on any atom is -0.353 e. The van der Waals surface area contributed by atoms with Crippen LogP contribution < -0.4 is 15.4 Å². The topological polar surface area (TPSA) is 87.3 Å². The third kappa shape index (κ3) is 7.21. The smallest absolute Gasteiger partial charge is 0.241 e. The van der Waals surface area contributed by atoms with Gasteiger partial charge in [0.2, 0.25) is 15.9 Å². The van der Waals surface area contributed by atoms with Crippen molar-refractivity contribution in [3.05, 3.63) is 29.8 Å². The lowest BCUT2D eigenvalue weighted by molar-refractivity contribution is -0.122. The van der Waals surface area contributed by atoms with Gasteiger partial charge in [-0.25, -0.2) is 8.42 Å². The normalized spacial score (nSPS) is 12.8. The number of thioether (sulfide) groups is 1. The highest BCUT2D eigenvalue weighted by molar-refractivity contribution is 7.98. The molecule has 3 N–H and O–H groups in total. The molecule has 8 heteroatoms. The molecule has 136 valence electrons. The highest BCUT2D eigenvalue weighted by Crippen LogP contribution is 2.12. The van der Waals surface area contributed by atoms with Crippen molar-refractivity contribution in [1.82, 2.24) is 15.4 Å². The maximum atomic E-state index is 12.5. The van der Waals surface area contributed by atoms with Crippen LogP contribution in [0.25, 0.3) is 0 Å². The fourth-order valence-electron chi connectivity index (χ4n) is 2.03. The molecule has 1 unspecified atom stereocenters. The summed E-state index contributed by atoms with van der Waals surface area (Å²) in [6, 6.07) is 5.80. The summed E-state index contributed by atoms with van der Waals surface area (Å²) >= 11 is 1.58. The van der Waals surface area contributed by atoms with E-state index in [2.05, 4.69) is 15.4 Å². The number of nitrogens with one attached hydrogen (secondary N) is 3. The molecule has 0 aliphatic rings. The molecule has 1 aromatic carbocycles. The fraction of sp³-hybridized carbons (Fsp3) is 0.562. The Balaban J connectivity index is 2.76. The second-order valence-electron chi connectivity index (χ2n) is 5.41. The summed E-state index contributed by atoms with van der Waals surface area (Å²) < 4.78 is 27.5. The van der Waals surface area contributed by atoms with Crippen molar-refractivity contribution in [2.45, 2.75) is 31.2 Å². The number of aryl methyl sites for hydroxylation is 1. The lowest BCUT2D eigenvalue weighted by Gasteiger charge is -2.18. The molecule has 1 rings (SSSR count). The Hall–Kier alpha value is -1.09. The third-order valence-corrected chi connectivity index (χ3v) is 5.54. The molecule has 0 heterocycles. The summed E-state index contributed by atoms with van der Waals surface area (Å²) in [7, 11) is -3.72. The van der Waals surface area contributed by atoms with Crippen molar-refractivity contribution in [2.75, 3.05) is 31.6 Å². The zero-order chi connectivity index (χ0) is 18.0. The lowest BCUT2D eigenvalue weighted by Crippen LogP contribution is -2.48. The highest BCUT2D eigenvalue weighted by atomic mass is 32.2. The van der Waals surface area contributed by atoms with Gasteiger partial charge in [-0.1, -0.05) is 24.6 Å². The first-order valence-corrected chi connectivity index (χ1v) is 10.8. The average molecular weight is 374 g/mol. The number of likely N-dealkylation sites (N-methyl/N-ethyl adjacent to an activating group) is 1. The van der Waals surface area contributed by atoms with Crippen LogP contribution in [-0.2, 0) is 14.8 Å². The Morgan fingerprint density at radius 1 is 1.21 bits per heavy atom. The summed E-state index contributed by atoms with van der Waals surface area (Å²) in [5, 5.41) is 5.88. The van der Waals surface area contributed by atoms with Gasteiger partial charge in [0.25, 0.3) is 0 Å². The van der Waals surface area contributed by atoms with E-state index >= 15 is 0 Å². The van der Waals surface area contributed by atoms with Crippen LogP contribution >= 0.6 is 11.8 Å². The van der Waals surface area contributed by atoms with E-state index in [1.54, 1.807) is 36.0 Å². The van der Waals surface area contributed by atoms with E-state index in [0.29, 0.717) is 25.3 Å². The van der Waals surface area contributed by atoms with Crippen LogP contribution in [0, 0.1) is 6.92 Å². The molecular formula is C16H27N3O3S2. The van der Waals surface area contributed by atoms with E-state index in [-0.39, 0.29) is 10.8 Å². The molecule has 0 aromatic heterocycles. The number of carbonyl (C=O) groups excluding carboxylic acids is 1. The molecule has 6 nitrogen and oxygen atoms in total. The van der Waals surface area contributed by atoms with Gasteiger partial charge in [-0.3, -0.25) is 4.79 Å². The van der Waals surface area contributed by atoms with Gasteiger partial charge in [0.05, 0.1) is 4.90 Å². The number of sulfonamides is 1. The van der Waals surface area contributed by atoms with E-state index in [0.717, 1.165) is 12.1 Å². The molecule has 1 aromatic rings. The number of hydrogen-bond donors (Lipinski definition) is 3. The Labute approximate surface area is 149 Å². The molecule has 1 atom stereocenters. The van der Waals surface area contributed by atoms with E-state index < -0.39 is 16.1 Å². The monoisotopic (exact) mass is 373 g/mol. The summed E-state index contributed by atoms with van der Waals surface area (Å²) in [5.41, 5.74) is 0.981. The maximum absolute atomic E-state index is 12.5. The Morgan fingerprint density at radius 2 is 1.88 bits per heavy atom. The van der Waals surface area contributed by atoms with E-state index in [1.165, 1.54) is 0 Å². The van der Waals surface area contributed by atoms with Gasteiger partial charge in [-0.05, 0) is 44.0 Å². The van der Waals surface area contributed by atoms with Gasteiger partial charge < -0.3 is 10.6 Å². The number of benzene rings is 1. The molecule has 0 aliphatic carbocycles. The summed E-state index contributed by atoms with van der Waals surface area (Å²) in [6.07, 6.45) is 2.37. The van der Waals surface area contributed by atoms with Gasteiger partial charge in [-0.2, -0.15) is 16.5 Å². The van der Waals surface area contributed by atoms with Crippen LogP contribution in [0.2, 0.25) is 0 Å². The van der Waals surface area contributed by atoms with E-state index in [9.17, 15) is 13.2 Å². The second-order valence-corrected chi connectivity index (χ2v) is 8.11. The van der Waals surface area contributed by atoms with Gasteiger partial charge in [0.1, 0.15) is 6.04 Å². The number of carbonyl (C=O) groups is 1. The predicted molar refractivity (Wildman–Crippen MR) is 99.8 cm³/mol. The van der Waals surface area contributed by atoms with Crippen molar-refractivity contribution >= 4 is 27.7 Å². The minimum atomic E-state index is -3.72. The SMILES string of the molecule is CCNCCNC(=O)C(CCSC)NS(=O)(=O)c1ccc(C)cc1. The van der Waals surface area contributed by atoms with Gasteiger partial charge in [0, 0.05) is 13.1 Å². The summed E-state index contributed by atoms with van der Waals surface area (Å²) in [6.45, 7) is 5.82. The first-order valence-electron chi connectivity index (χ1n) is 7.97. The largest absolute Gasteiger partial charge is 0.353 e. The van der Waals surface area contributed by atoms with Crippen LogP contribution in [0.5, 0.6) is 0 Å². The number of amides is 1. The summed E-state index contributed by atoms with van der Waals surface area (Å²) in [5.74, 6) is 0.402. The van der Waals surface area contributed by atoms with Crippen molar-refractivity contribution in [3.63, 3.8) is 0 Å². The second kappa shape index (κ2) is 10.7. The third-order valence-electron chi connectivity index (χ3n) is 3.41. The minimum absolute atomic E-state index is 0.169. The molecule has 0 saturated carbocycles. The molecule has 0 radical (unpaired) electrons. The van der Waals surface area contributed by atoms with E-state index in [4.69, 9.17) is 0 Å². The molecule has 0 bridgehead atoms. The summed E-state index contributed by atoms with van der Waals surface area (Å²) in [4.78, 5) is 12.5.